The van der Waals surface area contributed by atoms with Crippen LogP contribution in [0.2, 0.25) is 5.02 Å². The van der Waals surface area contributed by atoms with Gasteiger partial charge in [0, 0.05) is 20.9 Å². The van der Waals surface area contributed by atoms with Gasteiger partial charge in [-0.2, -0.15) is 0 Å². The largest absolute Gasteiger partial charge is 0.399 e. The summed E-state index contributed by atoms with van der Waals surface area (Å²) in [6.07, 6.45) is 0. The van der Waals surface area contributed by atoms with Crippen LogP contribution in [0.5, 0.6) is 0 Å². The molecule has 0 aromatic heterocycles. The van der Waals surface area contributed by atoms with Crippen molar-refractivity contribution < 1.29 is 8.42 Å². The summed E-state index contributed by atoms with van der Waals surface area (Å²) in [5.74, 6) is 0. The SMILES string of the molecule is Cc1c(Nc2cc(Cl)ccc2Br)cc(N)cc1S(N)(=O)=O. The second-order valence-electron chi connectivity index (χ2n) is 4.49. The van der Waals surface area contributed by atoms with E-state index in [0.717, 1.165) is 4.47 Å². The Morgan fingerprint density at radius 2 is 1.86 bits per heavy atom. The van der Waals surface area contributed by atoms with Gasteiger partial charge in [0.25, 0.3) is 0 Å². The summed E-state index contributed by atoms with van der Waals surface area (Å²) >= 11 is 9.35. The topological polar surface area (TPSA) is 98.2 Å². The smallest absolute Gasteiger partial charge is 0.238 e. The maximum Gasteiger partial charge on any atom is 0.238 e. The second-order valence-corrected chi connectivity index (χ2v) is 7.31. The highest BCUT2D eigenvalue weighted by Gasteiger charge is 2.16. The first-order chi connectivity index (χ1) is 9.68. The van der Waals surface area contributed by atoms with Crippen LogP contribution in [0.3, 0.4) is 0 Å². The highest BCUT2D eigenvalue weighted by molar-refractivity contribution is 9.10. The van der Waals surface area contributed by atoms with Crippen LogP contribution in [-0.2, 0) is 10.0 Å². The van der Waals surface area contributed by atoms with Gasteiger partial charge < -0.3 is 11.1 Å². The first kappa shape index (κ1) is 16.1. The van der Waals surface area contributed by atoms with Crippen LogP contribution in [0, 0.1) is 6.92 Å². The molecule has 21 heavy (non-hydrogen) atoms. The second kappa shape index (κ2) is 5.84. The summed E-state index contributed by atoms with van der Waals surface area (Å²) in [5.41, 5.74) is 7.76. The molecule has 0 spiro atoms. The lowest BCUT2D eigenvalue weighted by Gasteiger charge is -2.15. The number of hydrogen-bond donors (Lipinski definition) is 3. The predicted molar refractivity (Wildman–Crippen MR) is 89.4 cm³/mol. The van der Waals surface area contributed by atoms with Crippen molar-refractivity contribution in [1.82, 2.24) is 0 Å². The fourth-order valence-electron chi connectivity index (χ4n) is 1.87. The third-order valence-corrected chi connectivity index (χ3v) is 4.85. The molecule has 5 nitrogen and oxygen atoms in total. The van der Waals surface area contributed by atoms with Gasteiger partial charge in [0.15, 0.2) is 0 Å². The standard InChI is InChI=1S/C13H13BrClN3O2S/c1-7-11(5-9(16)6-13(7)21(17,19)20)18-12-4-8(15)2-3-10(12)14/h2-6,18H,16H2,1H3,(H2,17,19,20). The molecule has 0 radical (unpaired) electrons. The van der Waals surface area contributed by atoms with Crippen LogP contribution in [0.15, 0.2) is 39.7 Å². The zero-order valence-corrected chi connectivity index (χ0v) is 14.2. The molecule has 112 valence electrons. The molecule has 2 aromatic rings. The Morgan fingerprint density at radius 1 is 1.19 bits per heavy atom. The number of rotatable bonds is 3. The number of anilines is 3. The van der Waals surface area contributed by atoms with Crippen LogP contribution in [0.25, 0.3) is 0 Å². The summed E-state index contributed by atoms with van der Waals surface area (Å²) in [5, 5.41) is 8.85. The fourth-order valence-corrected chi connectivity index (χ4v) is 3.23. The van der Waals surface area contributed by atoms with Gasteiger partial charge in [0.05, 0.1) is 10.6 Å². The van der Waals surface area contributed by atoms with Gasteiger partial charge in [0.2, 0.25) is 10.0 Å². The Balaban J connectivity index is 2.55. The highest BCUT2D eigenvalue weighted by atomic mass is 79.9. The molecule has 0 fully saturated rings. The molecule has 2 aromatic carbocycles. The van der Waals surface area contributed by atoms with Crippen molar-refractivity contribution in [3.05, 3.63) is 45.4 Å². The monoisotopic (exact) mass is 389 g/mol. The minimum Gasteiger partial charge on any atom is -0.399 e. The number of halogens is 2. The fraction of sp³-hybridized carbons (Fsp3) is 0.0769. The van der Waals surface area contributed by atoms with E-state index in [2.05, 4.69) is 21.2 Å². The number of benzene rings is 2. The third kappa shape index (κ3) is 3.68. The summed E-state index contributed by atoms with van der Waals surface area (Å²) < 4.78 is 24.0. The van der Waals surface area contributed by atoms with Crippen molar-refractivity contribution in [2.24, 2.45) is 5.14 Å². The van der Waals surface area contributed by atoms with Crippen molar-refractivity contribution in [1.29, 1.82) is 0 Å². The summed E-state index contributed by atoms with van der Waals surface area (Å²) in [7, 11) is -3.85. The average molecular weight is 391 g/mol. The first-order valence-electron chi connectivity index (χ1n) is 5.83. The van der Waals surface area contributed by atoms with E-state index in [-0.39, 0.29) is 4.90 Å². The summed E-state index contributed by atoms with van der Waals surface area (Å²) in [6, 6.07) is 8.21. The number of nitrogens with two attached hydrogens (primary N) is 2. The third-order valence-electron chi connectivity index (χ3n) is 2.89. The summed E-state index contributed by atoms with van der Waals surface area (Å²) in [6.45, 7) is 1.65. The van der Waals surface area contributed by atoms with Crippen LogP contribution >= 0.6 is 27.5 Å². The molecule has 0 aliphatic rings. The lowest BCUT2D eigenvalue weighted by molar-refractivity contribution is 0.597. The zero-order chi connectivity index (χ0) is 15.8. The molecule has 0 bridgehead atoms. The molecule has 5 N–H and O–H groups in total. The van der Waals surface area contributed by atoms with Gasteiger partial charge in [-0.3, -0.25) is 0 Å². The van der Waals surface area contributed by atoms with E-state index in [4.69, 9.17) is 22.5 Å². The Hall–Kier alpha value is -1.28. The van der Waals surface area contributed by atoms with E-state index in [9.17, 15) is 8.42 Å². The van der Waals surface area contributed by atoms with Crippen LogP contribution in [0.4, 0.5) is 17.1 Å². The molecular weight excluding hydrogens is 378 g/mol. The lowest BCUT2D eigenvalue weighted by atomic mass is 10.1. The van der Waals surface area contributed by atoms with Crippen LogP contribution in [-0.4, -0.2) is 8.42 Å². The van der Waals surface area contributed by atoms with Gasteiger partial charge in [-0.1, -0.05) is 11.6 Å². The number of primary sulfonamides is 1. The van der Waals surface area contributed by atoms with E-state index in [1.165, 1.54) is 6.07 Å². The maximum atomic E-state index is 11.6. The molecule has 0 saturated carbocycles. The van der Waals surface area contributed by atoms with Gasteiger partial charge in [-0.05, 0) is 58.7 Å². The van der Waals surface area contributed by atoms with Crippen molar-refractivity contribution >= 4 is 54.6 Å². The number of nitrogen functional groups attached to an aromatic ring is 1. The minimum atomic E-state index is -3.85. The molecule has 0 aliphatic heterocycles. The van der Waals surface area contributed by atoms with E-state index >= 15 is 0 Å². The van der Waals surface area contributed by atoms with E-state index in [1.54, 1.807) is 31.2 Å². The Bertz CT molecular complexity index is 809. The van der Waals surface area contributed by atoms with E-state index in [0.29, 0.717) is 27.6 Å². The molecule has 0 heterocycles. The van der Waals surface area contributed by atoms with Gasteiger partial charge in [-0.25, -0.2) is 13.6 Å². The lowest BCUT2D eigenvalue weighted by Crippen LogP contribution is -2.15. The number of nitrogens with one attached hydrogen (secondary N) is 1. The number of sulfonamides is 1. The quantitative estimate of drug-likeness (QED) is 0.700. The minimum absolute atomic E-state index is 0.0110. The van der Waals surface area contributed by atoms with Crippen LogP contribution < -0.4 is 16.2 Å². The van der Waals surface area contributed by atoms with Crippen molar-refractivity contribution in [3.63, 3.8) is 0 Å². The highest BCUT2D eigenvalue weighted by Crippen LogP contribution is 2.33. The molecule has 8 heteroatoms. The van der Waals surface area contributed by atoms with Crippen molar-refractivity contribution in [2.75, 3.05) is 11.1 Å². The Kier molecular flexibility index (Phi) is 4.48. The van der Waals surface area contributed by atoms with Gasteiger partial charge >= 0.3 is 0 Å². The van der Waals surface area contributed by atoms with Crippen molar-refractivity contribution in [3.8, 4) is 0 Å². The van der Waals surface area contributed by atoms with Crippen LogP contribution in [0.1, 0.15) is 5.56 Å². The van der Waals surface area contributed by atoms with Crippen molar-refractivity contribution in [2.45, 2.75) is 11.8 Å². The van der Waals surface area contributed by atoms with Gasteiger partial charge in [0.1, 0.15) is 0 Å². The maximum absolute atomic E-state index is 11.6. The molecule has 0 amide bonds. The zero-order valence-electron chi connectivity index (χ0n) is 11.0. The molecule has 2 rings (SSSR count). The molecule has 0 atom stereocenters. The van der Waals surface area contributed by atoms with E-state index in [1.807, 2.05) is 0 Å². The van der Waals surface area contributed by atoms with E-state index < -0.39 is 10.0 Å². The van der Waals surface area contributed by atoms with Gasteiger partial charge in [-0.15, -0.1) is 0 Å². The normalized spacial score (nSPS) is 11.4. The Labute approximate surface area is 136 Å². The Morgan fingerprint density at radius 3 is 2.48 bits per heavy atom. The first-order valence-corrected chi connectivity index (χ1v) is 8.55. The molecule has 0 aliphatic carbocycles. The molecule has 0 unspecified atom stereocenters. The summed E-state index contributed by atoms with van der Waals surface area (Å²) in [4.78, 5) is -0.0110. The average Bonchev–Trinajstić information content (AvgIpc) is 2.36. The molecular formula is C13H13BrClN3O2S. The number of hydrogen-bond acceptors (Lipinski definition) is 4. The predicted octanol–water partition coefficient (Wildman–Crippen LogP) is 3.38. The molecule has 0 saturated heterocycles.